The summed E-state index contributed by atoms with van der Waals surface area (Å²) in [6.07, 6.45) is -1.35. The number of nitrogens with zero attached hydrogens (tertiary/aromatic N) is 2. The minimum Gasteiger partial charge on any atom is -0.481 e. The summed E-state index contributed by atoms with van der Waals surface area (Å²) in [6, 6.07) is 4.84. The van der Waals surface area contributed by atoms with Crippen LogP contribution in [0.15, 0.2) is 35.4 Å². The summed E-state index contributed by atoms with van der Waals surface area (Å²) in [7, 11) is 0. The first-order valence-corrected chi connectivity index (χ1v) is 10.7. The minimum atomic E-state index is -4.60. The molecule has 0 radical (unpaired) electrons. The fraction of sp³-hybridized carbons (Fsp3) is 0.211. The Kier molecular flexibility index (Phi) is 7.04. The Morgan fingerprint density at radius 2 is 1.90 bits per heavy atom. The van der Waals surface area contributed by atoms with Gasteiger partial charge in [0, 0.05) is 24.9 Å². The standard InChI is InChI=1S/C19H13Cl2F3N2O3S2/c20-12-7-10(19(22,23)24)8-13(21)16(12)25-5-1-3-11(25)9-14-17(29)26(18(30)31-14)6-2-4-15(27)28/h1,3,5,7-9H,2,4,6H2,(H,27,28)/b14-9+. The smallest absolute Gasteiger partial charge is 0.416 e. The summed E-state index contributed by atoms with van der Waals surface area (Å²) in [5.41, 5.74) is -0.374. The Bertz CT molecular complexity index is 1080. The van der Waals surface area contributed by atoms with Crippen LogP contribution in [0.4, 0.5) is 13.2 Å². The number of aromatic nitrogens is 1. The number of benzene rings is 1. The van der Waals surface area contributed by atoms with Crippen molar-refractivity contribution in [2.45, 2.75) is 19.0 Å². The maximum atomic E-state index is 13.0. The molecule has 0 atom stereocenters. The number of hydrogen-bond acceptors (Lipinski definition) is 4. The van der Waals surface area contributed by atoms with E-state index < -0.39 is 17.7 Å². The molecular formula is C19H13Cl2F3N2O3S2. The van der Waals surface area contributed by atoms with Crippen LogP contribution in [0.3, 0.4) is 0 Å². The fourth-order valence-corrected chi connectivity index (χ4v) is 4.85. The molecule has 12 heteroatoms. The molecule has 1 N–H and O–H groups in total. The van der Waals surface area contributed by atoms with E-state index >= 15 is 0 Å². The molecule has 31 heavy (non-hydrogen) atoms. The fourth-order valence-electron chi connectivity index (χ4n) is 2.89. The summed E-state index contributed by atoms with van der Waals surface area (Å²) < 4.78 is 40.8. The van der Waals surface area contributed by atoms with Crippen molar-refractivity contribution in [2.24, 2.45) is 0 Å². The third-order valence-corrected chi connectivity index (χ3v) is 6.24. The normalized spacial score (nSPS) is 15.9. The van der Waals surface area contributed by atoms with Gasteiger partial charge in [-0.15, -0.1) is 0 Å². The van der Waals surface area contributed by atoms with Crippen molar-refractivity contribution < 1.29 is 27.9 Å². The summed E-state index contributed by atoms with van der Waals surface area (Å²) in [4.78, 5) is 25.0. The molecule has 1 aromatic carbocycles. The highest BCUT2D eigenvalue weighted by Crippen LogP contribution is 2.39. The summed E-state index contributed by atoms with van der Waals surface area (Å²) in [6.45, 7) is 0.172. The Morgan fingerprint density at radius 3 is 2.48 bits per heavy atom. The number of thioether (sulfide) groups is 1. The van der Waals surface area contributed by atoms with Crippen molar-refractivity contribution in [2.75, 3.05) is 6.54 Å². The molecule has 3 rings (SSSR count). The monoisotopic (exact) mass is 508 g/mol. The number of alkyl halides is 3. The van der Waals surface area contributed by atoms with E-state index in [9.17, 15) is 22.8 Å². The molecule has 164 valence electrons. The van der Waals surface area contributed by atoms with Crippen LogP contribution in [0.5, 0.6) is 0 Å². The topological polar surface area (TPSA) is 62.5 Å². The average Bonchev–Trinajstić information content (AvgIpc) is 3.20. The molecule has 1 aliphatic heterocycles. The lowest BCUT2D eigenvalue weighted by molar-refractivity contribution is -0.138. The number of thiocarbonyl (C=S) groups is 1. The predicted molar refractivity (Wildman–Crippen MR) is 118 cm³/mol. The first-order chi connectivity index (χ1) is 14.5. The third kappa shape index (κ3) is 5.25. The molecule has 2 heterocycles. The van der Waals surface area contributed by atoms with E-state index in [0.29, 0.717) is 14.9 Å². The number of hydrogen-bond donors (Lipinski definition) is 1. The number of carbonyl (C=O) groups excluding carboxylic acids is 1. The van der Waals surface area contributed by atoms with E-state index in [4.69, 9.17) is 40.5 Å². The molecule has 0 unspecified atom stereocenters. The van der Waals surface area contributed by atoms with Gasteiger partial charge < -0.3 is 9.67 Å². The lowest BCUT2D eigenvalue weighted by Crippen LogP contribution is -2.29. The number of carboxylic acid groups (broad SMARTS) is 1. The molecule has 1 aliphatic rings. The first kappa shape index (κ1) is 23.6. The quantitative estimate of drug-likeness (QED) is 0.390. The van der Waals surface area contributed by atoms with Crippen molar-refractivity contribution in [3.63, 3.8) is 0 Å². The first-order valence-electron chi connectivity index (χ1n) is 8.70. The minimum absolute atomic E-state index is 0.0934. The van der Waals surface area contributed by atoms with Crippen LogP contribution in [0.1, 0.15) is 24.1 Å². The van der Waals surface area contributed by atoms with Gasteiger partial charge in [-0.1, -0.05) is 47.2 Å². The van der Waals surface area contributed by atoms with Crippen LogP contribution in [-0.4, -0.2) is 37.3 Å². The lowest BCUT2D eigenvalue weighted by Gasteiger charge is -2.15. The number of carbonyl (C=O) groups is 2. The molecule has 5 nitrogen and oxygen atoms in total. The number of aliphatic carboxylic acids is 1. The maximum absolute atomic E-state index is 13.0. The van der Waals surface area contributed by atoms with Gasteiger partial charge in [0.25, 0.3) is 5.91 Å². The molecule has 1 amide bonds. The van der Waals surface area contributed by atoms with Gasteiger partial charge in [-0.2, -0.15) is 13.2 Å². The van der Waals surface area contributed by atoms with Gasteiger partial charge in [-0.05, 0) is 36.8 Å². The van der Waals surface area contributed by atoms with E-state index in [1.807, 2.05) is 0 Å². The Hall–Kier alpha value is -2.01. The highest BCUT2D eigenvalue weighted by molar-refractivity contribution is 8.26. The molecule has 1 aromatic heterocycles. The van der Waals surface area contributed by atoms with Crippen molar-refractivity contribution in [3.8, 4) is 5.69 Å². The number of halogens is 5. The Labute approximate surface area is 194 Å². The number of amides is 1. The van der Waals surface area contributed by atoms with Gasteiger partial charge in [0.05, 0.1) is 26.2 Å². The molecule has 1 saturated heterocycles. The second-order valence-corrected chi connectivity index (χ2v) is 8.91. The highest BCUT2D eigenvalue weighted by Gasteiger charge is 2.33. The van der Waals surface area contributed by atoms with E-state index in [2.05, 4.69) is 0 Å². The molecule has 0 bridgehead atoms. The molecule has 2 aromatic rings. The maximum Gasteiger partial charge on any atom is 0.416 e. The van der Waals surface area contributed by atoms with Gasteiger partial charge in [0.2, 0.25) is 0 Å². The summed E-state index contributed by atoms with van der Waals surface area (Å²) in [5.74, 6) is -1.35. The van der Waals surface area contributed by atoms with Crippen molar-refractivity contribution >= 4 is 69.5 Å². The predicted octanol–water partition coefficient (Wildman–Crippen LogP) is 5.87. The van der Waals surface area contributed by atoms with E-state index in [1.165, 1.54) is 15.5 Å². The van der Waals surface area contributed by atoms with Crippen LogP contribution >= 0.6 is 47.2 Å². The molecule has 0 aliphatic carbocycles. The van der Waals surface area contributed by atoms with Gasteiger partial charge in [-0.3, -0.25) is 14.5 Å². The Balaban J connectivity index is 1.91. The van der Waals surface area contributed by atoms with E-state index in [0.717, 1.165) is 23.9 Å². The highest BCUT2D eigenvalue weighted by atomic mass is 35.5. The zero-order chi connectivity index (χ0) is 22.9. The number of rotatable bonds is 6. The van der Waals surface area contributed by atoms with Crippen LogP contribution in [0.2, 0.25) is 10.0 Å². The van der Waals surface area contributed by atoms with Gasteiger partial charge in [0.1, 0.15) is 4.32 Å². The van der Waals surface area contributed by atoms with Crippen LogP contribution < -0.4 is 0 Å². The van der Waals surface area contributed by atoms with Crippen molar-refractivity contribution in [1.29, 1.82) is 0 Å². The lowest BCUT2D eigenvalue weighted by atomic mass is 10.2. The summed E-state index contributed by atoms with van der Waals surface area (Å²) in [5, 5.41) is 8.34. The zero-order valence-corrected chi connectivity index (χ0v) is 18.6. The Morgan fingerprint density at radius 1 is 1.26 bits per heavy atom. The molecule has 0 saturated carbocycles. The SMILES string of the molecule is O=C(O)CCCN1C(=O)/C(=C\c2cccn2-c2c(Cl)cc(C(F)(F)F)cc2Cl)SC1=S. The van der Waals surface area contributed by atoms with Gasteiger partial charge in [0.15, 0.2) is 0 Å². The van der Waals surface area contributed by atoms with Gasteiger partial charge >= 0.3 is 12.1 Å². The van der Waals surface area contributed by atoms with Crippen LogP contribution in [-0.2, 0) is 15.8 Å². The second kappa shape index (κ2) is 9.23. The van der Waals surface area contributed by atoms with Crippen LogP contribution in [0, 0.1) is 0 Å². The van der Waals surface area contributed by atoms with Crippen molar-refractivity contribution in [1.82, 2.24) is 9.47 Å². The van der Waals surface area contributed by atoms with Crippen molar-refractivity contribution in [3.05, 3.63) is 56.7 Å². The molecule has 0 spiro atoms. The second-order valence-electron chi connectivity index (χ2n) is 6.42. The van der Waals surface area contributed by atoms with E-state index in [1.54, 1.807) is 18.3 Å². The van der Waals surface area contributed by atoms with Gasteiger partial charge in [-0.25, -0.2) is 0 Å². The molecule has 1 fully saturated rings. The zero-order valence-electron chi connectivity index (χ0n) is 15.4. The number of carboxylic acids is 1. The third-order valence-electron chi connectivity index (χ3n) is 4.29. The van der Waals surface area contributed by atoms with E-state index in [-0.39, 0.29) is 41.0 Å². The van der Waals surface area contributed by atoms with Crippen LogP contribution in [0.25, 0.3) is 11.8 Å². The average molecular weight is 509 g/mol. The largest absolute Gasteiger partial charge is 0.481 e. The summed E-state index contributed by atoms with van der Waals surface area (Å²) >= 11 is 18.5. The molecular weight excluding hydrogens is 496 g/mol.